The van der Waals surface area contributed by atoms with Gasteiger partial charge in [-0.3, -0.25) is 4.79 Å². The van der Waals surface area contributed by atoms with Crippen LogP contribution >= 0.6 is 0 Å². The number of rotatable bonds is 8. The van der Waals surface area contributed by atoms with E-state index in [1.807, 2.05) is 68.7 Å². The van der Waals surface area contributed by atoms with Crippen LogP contribution < -0.4 is 15.8 Å². The number of anilines is 1. The predicted octanol–water partition coefficient (Wildman–Crippen LogP) is 2.14. The van der Waals surface area contributed by atoms with E-state index in [9.17, 15) is 4.79 Å². The van der Waals surface area contributed by atoms with Gasteiger partial charge >= 0.3 is 0 Å². The Balaban J connectivity index is 1.83. The molecule has 2 aromatic rings. The summed E-state index contributed by atoms with van der Waals surface area (Å²) in [6.45, 7) is 1.48. The number of nitrogens with two attached hydrogens (primary N) is 1. The van der Waals surface area contributed by atoms with Crippen LogP contribution in [-0.4, -0.2) is 44.1 Å². The molecular weight excluding hydrogens is 302 g/mol. The van der Waals surface area contributed by atoms with Gasteiger partial charge in [0.15, 0.2) is 0 Å². The summed E-state index contributed by atoms with van der Waals surface area (Å²) < 4.78 is 5.62. The number of carbonyl (C=O) groups excluding carboxylic acids is 1. The summed E-state index contributed by atoms with van der Waals surface area (Å²) in [7, 11) is 4.00. The Bertz CT molecular complexity index is 627. The number of benzene rings is 2. The second-order valence-electron chi connectivity index (χ2n) is 5.96. The Hall–Kier alpha value is -2.37. The van der Waals surface area contributed by atoms with E-state index in [0.29, 0.717) is 18.7 Å². The van der Waals surface area contributed by atoms with E-state index in [2.05, 4.69) is 10.2 Å². The third-order valence-electron chi connectivity index (χ3n) is 3.56. The lowest BCUT2D eigenvalue weighted by atomic mass is 10.1. The van der Waals surface area contributed by atoms with E-state index < -0.39 is 6.04 Å². The van der Waals surface area contributed by atoms with Gasteiger partial charge in [-0.2, -0.15) is 0 Å². The average Bonchev–Trinajstić information content (AvgIpc) is 2.57. The number of nitrogens with zero attached hydrogens (tertiary/aromatic N) is 1. The maximum absolute atomic E-state index is 12.2. The molecule has 1 unspecified atom stereocenters. The van der Waals surface area contributed by atoms with Crippen molar-refractivity contribution in [3.63, 3.8) is 0 Å². The molecule has 0 aliphatic heterocycles. The first kappa shape index (κ1) is 18.0. The third kappa shape index (κ3) is 6.02. The van der Waals surface area contributed by atoms with Crippen molar-refractivity contribution in [2.45, 2.75) is 12.5 Å². The maximum Gasteiger partial charge on any atom is 0.241 e. The molecule has 0 radical (unpaired) electrons. The number of likely N-dealkylation sites (N-methyl/N-ethyl adjacent to an activating group) is 1. The van der Waals surface area contributed by atoms with Crippen LogP contribution in [0.2, 0.25) is 0 Å². The molecule has 2 aromatic carbocycles. The van der Waals surface area contributed by atoms with Gasteiger partial charge in [-0.15, -0.1) is 0 Å². The lowest BCUT2D eigenvalue weighted by Gasteiger charge is -2.13. The zero-order valence-corrected chi connectivity index (χ0v) is 14.2. The monoisotopic (exact) mass is 327 g/mol. The SMILES string of the molecule is CN(C)CCOc1ccc(NC(=O)C(N)Cc2ccccc2)cc1. The first-order valence-corrected chi connectivity index (χ1v) is 8.02. The quantitative estimate of drug-likeness (QED) is 0.779. The molecule has 0 bridgehead atoms. The first-order chi connectivity index (χ1) is 11.5. The second-order valence-corrected chi connectivity index (χ2v) is 5.96. The summed E-state index contributed by atoms with van der Waals surface area (Å²) in [5, 5.41) is 2.84. The van der Waals surface area contributed by atoms with Gasteiger partial charge in [0.25, 0.3) is 0 Å². The van der Waals surface area contributed by atoms with Gasteiger partial charge in [-0.1, -0.05) is 30.3 Å². The van der Waals surface area contributed by atoms with Crippen LogP contribution in [-0.2, 0) is 11.2 Å². The van der Waals surface area contributed by atoms with Crippen LogP contribution in [0.4, 0.5) is 5.69 Å². The van der Waals surface area contributed by atoms with Crippen molar-refractivity contribution in [1.29, 1.82) is 0 Å². The summed E-state index contributed by atoms with van der Waals surface area (Å²) in [6, 6.07) is 16.5. The summed E-state index contributed by atoms with van der Waals surface area (Å²) in [6.07, 6.45) is 0.512. The third-order valence-corrected chi connectivity index (χ3v) is 3.56. The smallest absolute Gasteiger partial charge is 0.241 e. The minimum Gasteiger partial charge on any atom is -0.492 e. The maximum atomic E-state index is 12.2. The van der Waals surface area contributed by atoms with Crippen LogP contribution in [0.3, 0.4) is 0 Å². The van der Waals surface area contributed by atoms with E-state index in [4.69, 9.17) is 10.5 Å². The van der Waals surface area contributed by atoms with E-state index in [1.165, 1.54) is 0 Å². The molecule has 24 heavy (non-hydrogen) atoms. The number of carbonyl (C=O) groups is 1. The molecule has 128 valence electrons. The van der Waals surface area contributed by atoms with Crippen molar-refractivity contribution >= 4 is 11.6 Å². The lowest BCUT2D eigenvalue weighted by Crippen LogP contribution is -2.37. The molecular formula is C19H25N3O2. The van der Waals surface area contributed by atoms with E-state index in [0.717, 1.165) is 17.9 Å². The second kappa shape index (κ2) is 9.05. The molecule has 0 aromatic heterocycles. The molecule has 5 nitrogen and oxygen atoms in total. The largest absolute Gasteiger partial charge is 0.492 e. The first-order valence-electron chi connectivity index (χ1n) is 8.02. The summed E-state index contributed by atoms with van der Waals surface area (Å²) >= 11 is 0. The van der Waals surface area contributed by atoms with Gasteiger partial charge in [0.05, 0.1) is 6.04 Å². The molecule has 0 heterocycles. The van der Waals surface area contributed by atoms with E-state index in [-0.39, 0.29) is 5.91 Å². The molecule has 1 amide bonds. The van der Waals surface area contributed by atoms with Gasteiger partial charge in [-0.05, 0) is 50.3 Å². The topological polar surface area (TPSA) is 67.6 Å². The Morgan fingerprint density at radius 1 is 1.12 bits per heavy atom. The fraction of sp³-hybridized carbons (Fsp3) is 0.316. The van der Waals surface area contributed by atoms with Crippen LogP contribution in [0.15, 0.2) is 54.6 Å². The van der Waals surface area contributed by atoms with Crippen LogP contribution in [0.1, 0.15) is 5.56 Å². The Morgan fingerprint density at radius 3 is 2.42 bits per heavy atom. The van der Waals surface area contributed by atoms with Crippen LogP contribution in [0.5, 0.6) is 5.75 Å². The zero-order valence-electron chi connectivity index (χ0n) is 14.2. The summed E-state index contributed by atoms with van der Waals surface area (Å²) in [4.78, 5) is 14.2. The van der Waals surface area contributed by atoms with Gasteiger partial charge in [0.2, 0.25) is 5.91 Å². The fourth-order valence-corrected chi connectivity index (χ4v) is 2.18. The van der Waals surface area contributed by atoms with Crippen molar-refractivity contribution in [1.82, 2.24) is 4.90 Å². The van der Waals surface area contributed by atoms with Crippen molar-refractivity contribution in [3.05, 3.63) is 60.2 Å². The summed E-state index contributed by atoms with van der Waals surface area (Å²) in [5.74, 6) is 0.587. The highest BCUT2D eigenvalue weighted by molar-refractivity contribution is 5.94. The van der Waals surface area contributed by atoms with Crippen molar-refractivity contribution < 1.29 is 9.53 Å². The van der Waals surface area contributed by atoms with E-state index in [1.54, 1.807) is 0 Å². The predicted molar refractivity (Wildman–Crippen MR) is 97.2 cm³/mol. The standard InChI is InChI=1S/C19H25N3O2/c1-22(2)12-13-24-17-10-8-16(9-11-17)21-19(23)18(20)14-15-6-4-3-5-7-15/h3-11,18H,12-14,20H2,1-2H3,(H,21,23). The van der Waals surface area contributed by atoms with Gasteiger partial charge in [0, 0.05) is 12.2 Å². The molecule has 0 aliphatic carbocycles. The molecule has 0 saturated heterocycles. The Labute approximate surface area is 143 Å². The van der Waals surface area contributed by atoms with Crippen LogP contribution in [0.25, 0.3) is 0 Å². The van der Waals surface area contributed by atoms with Gasteiger partial charge in [0.1, 0.15) is 12.4 Å². The van der Waals surface area contributed by atoms with Crippen molar-refractivity contribution in [3.8, 4) is 5.75 Å². The number of hydrogen-bond donors (Lipinski definition) is 2. The number of nitrogens with one attached hydrogen (secondary N) is 1. The van der Waals surface area contributed by atoms with Gasteiger partial charge < -0.3 is 20.7 Å². The molecule has 5 heteroatoms. The van der Waals surface area contributed by atoms with Crippen molar-refractivity contribution in [2.75, 3.05) is 32.6 Å². The minimum atomic E-state index is -0.580. The fourth-order valence-electron chi connectivity index (χ4n) is 2.18. The normalized spacial score (nSPS) is 12.0. The number of hydrogen-bond acceptors (Lipinski definition) is 4. The molecule has 0 saturated carbocycles. The molecule has 0 aliphatic rings. The molecule has 0 spiro atoms. The molecule has 3 N–H and O–H groups in total. The highest BCUT2D eigenvalue weighted by Crippen LogP contribution is 2.16. The average molecular weight is 327 g/mol. The number of amides is 1. The van der Waals surface area contributed by atoms with E-state index >= 15 is 0 Å². The molecule has 1 atom stereocenters. The lowest BCUT2D eigenvalue weighted by molar-refractivity contribution is -0.117. The highest BCUT2D eigenvalue weighted by atomic mass is 16.5. The van der Waals surface area contributed by atoms with Crippen LogP contribution in [0, 0.1) is 0 Å². The number of ether oxygens (including phenoxy) is 1. The zero-order chi connectivity index (χ0) is 17.4. The minimum absolute atomic E-state index is 0.194. The highest BCUT2D eigenvalue weighted by Gasteiger charge is 2.14. The van der Waals surface area contributed by atoms with Gasteiger partial charge in [-0.25, -0.2) is 0 Å². The Kier molecular flexibility index (Phi) is 6.78. The van der Waals surface area contributed by atoms with Crippen molar-refractivity contribution in [2.24, 2.45) is 5.73 Å². The molecule has 2 rings (SSSR count). The molecule has 0 fully saturated rings. The Morgan fingerprint density at radius 2 is 1.79 bits per heavy atom. The summed E-state index contributed by atoms with van der Waals surface area (Å²) in [5.41, 5.74) is 7.74.